The Bertz CT molecular complexity index is 583. The molecular weight excluding hydrogens is 212 g/mol. The van der Waals surface area contributed by atoms with Crippen molar-refractivity contribution in [3.05, 3.63) is 59.4 Å². The summed E-state index contributed by atoms with van der Waals surface area (Å²) in [6, 6.07) is 12.4. The molecule has 1 N–H and O–H groups in total. The molecule has 1 aromatic heterocycles. The van der Waals surface area contributed by atoms with Crippen molar-refractivity contribution >= 4 is 12.2 Å². The number of pyridine rings is 1. The van der Waals surface area contributed by atoms with Gasteiger partial charge < -0.3 is 5.11 Å². The highest BCUT2D eigenvalue weighted by Gasteiger charge is 1.98. The topological polar surface area (TPSA) is 56.9 Å². The molecule has 0 fully saturated rings. The van der Waals surface area contributed by atoms with E-state index >= 15 is 0 Å². The van der Waals surface area contributed by atoms with Gasteiger partial charge >= 0.3 is 0 Å². The Kier molecular flexibility index (Phi) is 3.18. The van der Waals surface area contributed by atoms with E-state index in [9.17, 15) is 5.11 Å². The maximum absolute atomic E-state index is 9.68. The second-order valence-electron chi connectivity index (χ2n) is 3.47. The Hall–Kier alpha value is -2.60. The van der Waals surface area contributed by atoms with E-state index in [0.29, 0.717) is 11.1 Å². The van der Waals surface area contributed by atoms with E-state index in [4.69, 9.17) is 5.26 Å². The molecule has 0 aliphatic heterocycles. The van der Waals surface area contributed by atoms with Gasteiger partial charge in [0, 0.05) is 11.8 Å². The van der Waals surface area contributed by atoms with Gasteiger partial charge in [-0.05, 0) is 42.5 Å². The highest BCUT2D eigenvalue weighted by atomic mass is 16.3. The van der Waals surface area contributed by atoms with Crippen molar-refractivity contribution in [2.75, 3.05) is 0 Å². The number of rotatable bonds is 2. The van der Waals surface area contributed by atoms with E-state index in [1.165, 1.54) is 6.07 Å². The van der Waals surface area contributed by atoms with Gasteiger partial charge in [-0.1, -0.05) is 6.07 Å². The second kappa shape index (κ2) is 4.95. The number of aromatic hydroxyl groups is 1. The van der Waals surface area contributed by atoms with Gasteiger partial charge in [0.1, 0.15) is 5.75 Å². The summed E-state index contributed by atoms with van der Waals surface area (Å²) >= 11 is 0. The molecule has 0 spiro atoms. The van der Waals surface area contributed by atoms with Crippen LogP contribution in [0.4, 0.5) is 0 Å². The molecule has 0 amide bonds. The van der Waals surface area contributed by atoms with Crippen LogP contribution in [-0.2, 0) is 0 Å². The smallest absolute Gasteiger partial charge is 0.124 e. The lowest BCUT2D eigenvalue weighted by atomic mass is 10.1. The second-order valence-corrected chi connectivity index (χ2v) is 3.47. The number of phenols is 1. The van der Waals surface area contributed by atoms with Gasteiger partial charge in [0.05, 0.1) is 17.3 Å². The molecule has 1 aromatic carbocycles. The van der Waals surface area contributed by atoms with Crippen LogP contribution in [0.1, 0.15) is 16.8 Å². The molecule has 0 saturated heterocycles. The van der Waals surface area contributed by atoms with Gasteiger partial charge in [0.25, 0.3) is 0 Å². The maximum Gasteiger partial charge on any atom is 0.124 e. The molecule has 0 saturated carbocycles. The largest absolute Gasteiger partial charge is 0.507 e. The number of nitrogens with zero attached hydrogens (tertiary/aromatic N) is 2. The summed E-state index contributed by atoms with van der Waals surface area (Å²) in [5.41, 5.74) is 1.92. The number of nitriles is 1. The van der Waals surface area contributed by atoms with Crippen LogP contribution in [0.3, 0.4) is 0 Å². The minimum absolute atomic E-state index is 0.0937. The van der Waals surface area contributed by atoms with Gasteiger partial charge in [-0.3, -0.25) is 4.98 Å². The van der Waals surface area contributed by atoms with E-state index < -0.39 is 0 Å². The van der Waals surface area contributed by atoms with E-state index in [1.54, 1.807) is 30.5 Å². The summed E-state index contributed by atoms with van der Waals surface area (Å²) in [6.07, 6.45) is 5.28. The Morgan fingerprint density at radius 2 is 2.06 bits per heavy atom. The minimum Gasteiger partial charge on any atom is -0.507 e. The molecule has 0 unspecified atom stereocenters. The van der Waals surface area contributed by atoms with Gasteiger partial charge in [-0.2, -0.15) is 5.26 Å². The first kappa shape index (κ1) is 10.9. The van der Waals surface area contributed by atoms with Crippen LogP contribution in [0.15, 0.2) is 42.6 Å². The number of hydrogen-bond acceptors (Lipinski definition) is 3. The monoisotopic (exact) mass is 222 g/mol. The number of benzene rings is 1. The van der Waals surface area contributed by atoms with Gasteiger partial charge in [-0.15, -0.1) is 0 Å². The summed E-state index contributed by atoms with van der Waals surface area (Å²) < 4.78 is 0. The third-order valence-electron chi connectivity index (χ3n) is 2.28. The summed E-state index contributed by atoms with van der Waals surface area (Å²) in [7, 11) is 0. The number of aromatic nitrogens is 1. The van der Waals surface area contributed by atoms with E-state index in [1.807, 2.05) is 24.3 Å². The summed E-state index contributed by atoms with van der Waals surface area (Å²) in [4.78, 5) is 4.14. The van der Waals surface area contributed by atoms with Crippen LogP contribution in [0, 0.1) is 11.3 Å². The fourth-order valence-corrected chi connectivity index (χ4v) is 1.40. The van der Waals surface area contributed by atoms with E-state index in [0.717, 1.165) is 5.69 Å². The number of phenolic OH excluding ortho intramolecular Hbond substituents is 1. The molecule has 3 heteroatoms. The molecule has 0 radical (unpaired) electrons. The Morgan fingerprint density at radius 1 is 1.18 bits per heavy atom. The Morgan fingerprint density at radius 3 is 2.71 bits per heavy atom. The normalized spacial score (nSPS) is 10.3. The highest BCUT2D eigenvalue weighted by Crippen LogP contribution is 2.20. The van der Waals surface area contributed by atoms with Gasteiger partial charge in [0.2, 0.25) is 0 Å². The first-order valence-corrected chi connectivity index (χ1v) is 5.12. The SMILES string of the molecule is N#Cc1ccc(/C=C/c2ccccn2)c(O)c1. The first-order valence-electron chi connectivity index (χ1n) is 5.12. The van der Waals surface area contributed by atoms with Crippen LogP contribution in [0.5, 0.6) is 5.75 Å². The lowest BCUT2D eigenvalue weighted by Crippen LogP contribution is -1.80. The Balaban J connectivity index is 2.26. The third kappa shape index (κ3) is 2.70. The average Bonchev–Trinajstić information content (AvgIpc) is 2.38. The quantitative estimate of drug-likeness (QED) is 0.850. The van der Waals surface area contributed by atoms with Crippen molar-refractivity contribution in [2.45, 2.75) is 0 Å². The summed E-state index contributed by atoms with van der Waals surface area (Å²) in [5.74, 6) is 0.0937. The van der Waals surface area contributed by atoms with Crippen molar-refractivity contribution in [1.82, 2.24) is 4.98 Å². The van der Waals surface area contributed by atoms with Gasteiger partial charge in [0.15, 0.2) is 0 Å². The summed E-state index contributed by atoms with van der Waals surface area (Å²) in [5, 5.41) is 18.3. The molecule has 0 aliphatic rings. The van der Waals surface area contributed by atoms with Crippen molar-refractivity contribution in [2.24, 2.45) is 0 Å². The van der Waals surface area contributed by atoms with E-state index in [-0.39, 0.29) is 5.75 Å². The zero-order chi connectivity index (χ0) is 12.1. The fraction of sp³-hybridized carbons (Fsp3) is 0. The molecule has 17 heavy (non-hydrogen) atoms. The van der Waals surface area contributed by atoms with Crippen LogP contribution in [0.2, 0.25) is 0 Å². The molecule has 0 aliphatic carbocycles. The lowest BCUT2D eigenvalue weighted by Gasteiger charge is -1.98. The Labute approximate surface area is 99.3 Å². The predicted molar refractivity (Wildman–Crippen MR) is 66.0 cm³/mol. The summed E-state index contributed by atoms with van der Waals surface area (Å²) in [6.45, 7) is 0. The van der Waals surface area contributed by atoms with Crippen LogP contribution < -0.4 is 0 Å². The average molecular weight is 222 g/mol. The van der Waals surface area contributed by atoms with Crippen LogP contribution in [0.25, 0.3) is 12.2 Å². The first-order chi connectivity index (χ1) is 8.29. The highest BCUT2D eigenvalue weighted by molar-refractivity contribution is 5.71. The van der Waals surface area contributed by atoms with Crippen LogP contribution in [-0.4, -0.2) is 10.1 Å². The molecule has 2 rings (SSSR count). The van der Waals surface area contributed by atoms with Crippen LogP contribution >= 0.6 is 0 Å². The van der Waals surface area contributed by atoms with E-state index in [2.05, 4.69) is 4.98 Å². The molecular formula is C14H10N2O. The fourth-order valence-electron chi connectivity index (χ4n) is 1.40. The molecule has 0 bridgehead atoms. The molecule has 2 aromatic rings. The lowest BCUT2D eigenvalue weighted by molar-refractivity contribution is 0.474. The zero-order valence-electron chi connectivity index (χ0n) is 9.04. The predicted octanol–water partition coefficient (Wildman–Crippen LogP) is 2.83. The van der Waals surface area contributed by atoms with Crippen molar-refractivity contribution in [3.63, 3.8) is 0 Å². The van der Waals surface area contributed by atoms with Crippen molar-refractivity contribution < 1.29 is 5.11 Å². The zero-order valence-corrected chi connectivity index (χ0v) is 9.04. The van der Waals surface area contributed by atoms with Gasteiger partial charge in [-0.25, -0.2) is 0 Å². The minimum atomic E-state index is 0.0937. The third-order valence-corrected chi connectivity index (χ3v) is 2.28. The maximum atomic E-state index is 9.68. The number of hydrogen-bond donors (Lipinski definition) is 1. The molecule has 3 nitrogen and oxygen atoms in total. The molecule has 1 heterocycles. The molecule has 82 valence electrons. The standard InChI is InChI=1S/C14H10N2O/c15-10-11-4-5-12(14(17)9-11)6-7-13-3-1-2-8-16-13/h1-9,17H/b7-6+. The molecule has 0 atom stereocenters. The van der Waals surface area contributed by atoms with Crippen molar-refractivity contribution in [3.8, 4) is 11.8 Å². The van der Waals surface area contributed by atoms with Crippen molar-refractivity contribution in [1.29, 1.82) is 5.26 Å².